The number of hydrogen-bond donors (Lipinski definition) is 1. The number of amides is 2. The van der Waals surface area contributed by atoms with Crippen LogP contribution in [0.5, 0.6) is 5.75 Å². The van der Waals surface area contributed by atoms with Crippen LogP contribution in [-0.4, -0.2) is 35.3 Å². The molecule has 0 bridgehead atoms. The number of rotatable bonds is 6. The van der Waals surface area contributed by atoms with Gasteiger partial charge >= 0.3 is 6.03 Å². The molecule has 0 radical (unpaired) electrons. The van der Waals surface area contributed by atoms with Gasteiger partial charge < -0.3 is 14.2 Å². The Hall–Kier alpha value is -3.54. The molecule has 1 aliphatic rings. The maximum atomic E-state index is 12.7. The van der Waals surface area contributed by atoms with Crippen molar-refractivity contribution in [3.8, 4) is 5.75 Å². The number of nitrogens with zero attached hydrogens (tertiary/aromatic N) is 2. The van der Waals surface area contributed by atoms with Gasteiger partial charge in [0.2, 0.25) is 0 Å². The summed E-state index contributed by atoms with van der Waals surface area (Å²) in [5.41, 5.74) is 4.59. The lowest BCUT2D eigenvalue weighted by Crippen LogP contribution is -2.42. The van der Waals surface area contributed by atoms with E-state index in [-0.39, 0.29) is 18.1 Å². The Morgan fingerprint density at radius 3 is 2.74 bits per heavy atom. The molecular weight excluding hydrogens is 426 g/mol. The van der Waals surface area contributed by atoms with Crippen LogP contribution in [-0.2, 0) is 6.42 Å². The number of benzene rings is 2. The lowest BCUT2D eigenvalue weighted by molar-refractivity contribution is 0.197. The molecule has 3 aromatic rings. The lowest BCUT2D eigenvalue weighted by Gasteiger charge is -2.33. The number of piperidine rings is 1. The third kappa shape index (κ3) is 5.87. The number of aryl methyl sites for hydroxylation is 1. The van der Waals surface area contributed by atoms with Gasteiger partial charge in [-0.1, -0.05) is 66.2 Å². The van der Waals surface area contributed by atoms with Crippen molar-refractivity contribution in [3.05, 3.63) is 82.6 Å². The standard InChI is InChI=1S/C28H33N3O3/c1-19-18-31(28(32)29-27-21(3)22(4)34-30-27)14-13-25(19)16-24-11-8-12-26(17-24)33-20(2)15-23-9-6-5-7-10-23/h5-12,16-17,19-20H,13-15,18H2,1-4H3,(H,29,30,32). The number of ether oxygens (including phenoxy) is 1. The zero-order chi connectivity index (χ0) is 24.1. The zero-order valence-corrected chi connectivity index (χ0v) is 20.4. The van der Waals surface area contributed by atoms with Crippen molar-refractivity contribution in [2.24, 2.45) is 5.92 Å². The second-order valence-electron chi connectivity index (χ2n) is 9.15. The van der Waals surface area contributed by atoms with Crippen molar-refractivity contribution >= 4 is 17.9 Å². The van der Waals surface area contributed by atoms with Crippen LogP contribution in [0.3, 0.4) is 0 Å². The SMILES string of the molecule is Cc1onc(NC(=O)N2CCC(=Cc3cccc(OC(C)Cc4ccccc4)c3)C(C)C2)c1C. The van der Waals surface area contributed by atoms with Crippen molar-refractivity contribution in [2.45, 2.75) is 46.6 Å². The van der Waals surface area contributed by atoms with E-state index in [4.69, 9.17) is 9.26 Å². The molecule has 2 amide bonds. The fourth-order valence-corrected chi connectivity index (χ4v) is 4.27. The van der Waals surface area contributed by atoms with Gasteiger partial charge in [-0.2, -0.15) is 0 Å². The molecular formula is C28H33N3O3. The first kappa shape index (κ1) is 23.6. The second-order valence-corrected chi connectivity index (χ2v) is 9.15. The van der Waals surface area contributed by atoms with Crippen LogP contribution in [0.1, 0.15) is 42.7 Å². The van der Waals surface area contributed by atoms with Crippen LogP contribution < -0.4 is 10.1 Å². The number of urea groups is 1. The molecule has 2 aromatic carbocycles. The Balaban J connectivity index is 1.35. The number of anilines is 1. The van der Waals surface area contributed by atoms with Gasteiger partial charge in [-0.05, 0) is 56.4 Å². The minimum atomic E-state index is -0.134. The maximum Gasteiger partial charge on any atom is 0.323 e. The quantitative estimate of drug-likeness (QED) is 0.472. The van der Waals surface area contributed by atoms with Gasteiger partial charge in [0.1, 0.15) is 11.5 Å². The molecule has 0 spiro atoms. The van der Waals surface area contributed by atoms with Crippen molar-refractivity contribution < 1.29 is 14.1 Å². The lowest BCUT2D eigenvalue weighted by atomic mass is 9.91. The smallest absolute Gasteiger partial charge is 0.323 e. The van der Waals surface area contributed by atoms with Crippen LogP contribution in [0.15, 0.2) is 64.7 Å². The summed E-state index contributed by atoms with van der Waals surface area (Å²) in [7, 11) is 0. The summed E-state index contributed by atoms with van der Waals surface area (Å²) in [6, 6.07) is 18.5. The van der Waals surface area contributed by atoms with Gasteiger partial charge in [0.05, 0.1) is 6.10 Å². The van der Waals surface area contributed by atoms with Gasteiger partial charge in [-0.3, -0.25) is 5.32 Å². The molecule has 0 aliphatic carbocycles. The minimum absolute atomic E-state index is 0.0862. The summed E-state index contributed by atoms with van der Waals surface area (Å²) in [5.74, 6) is 2.35. The number of aromatic nitrogens is 1. The van der Waals surface area contributed by atoms with E-state index >= 15 is 0 Å². The van der Waals surface area contributed by atoms with Crippen LogP contribution in [0.2, 0.25) is 0 Å². The first-order valence-electron chi connectivity index (χ1n) is 11.9. The Bertz CT molecular complexity index is 1150. The molecule has 1 N–H and O–H groups in total. The molecule has 6 nitrogen and oxygen atoms in total. The highest BCUT2D eigenvalue weighted by molar-refractivity contribution is 5.89. The average molecular weight is 460 g/mol. The van der Waals surface area contributed by atoms with Crippen molar-refractivity contribution in [1.29, 1.82) is 0 Å². The van der Waals surface area contributed by atoms with Crippen LogP contribution in [0.4, 0.5) is 10.6 Å². The molecule has 1 aliphatic heterocycles. The summed E-state index contributed by atoms with van der Waals surface area (Å²) in [4.78, 5) is 14.6. The maximum absolute atomic E-state index is 12.7. The molecule has 2 heterocycles. The zero-order valence-electron chi connectivity index (χ0n) is 20.4. The number of carbonyl (C=O) groups is 1. The first-order valence-corrected chi connectivity index (χ1v) is 11.9. The molecule has 0 saturated carbocycles. The van der Waals surface area contributed by atoms with Gasteiger partial charge in [0.15, 0.2) is 5.82 Å². The topological polar surface area (TPSA) is 67.6 Å². The van der Waals surface area contributed by atoms with Gasteiger partial charge in [-0.25, -0.2) is 4.79 Å². The van der Waals surface area contributed by atoms with Crippen molar-refractivity contribution in [3.63, 3.8) is 0 Å². The molecule has 1 fully saturated rings. The van der Waals surface area contributed by atoms with E-state index in [0.29, 0.717) is 24.7 Å². The summed E-state index contributed by atoms with van der Waals surface area (Å²) in [6.07, 6.45) is 4.03. The van der Waals surface area contributed by atoms with Gasteiger partial charge in [-0.15, -0.1) is 0 Å². The van der Waals surface area contributed by atoms with Crippen LogP contribution in [0.25, 0.3) is 6.08 Å². The second kappa shape index (κ2) is 10.6. The van der Waals surface area contributed by atoms with E-state index in [2.05, 4.69) is 66.8 Å². The molecule has 4 rings (SSSR count). The first-order chi connectivity index (χ1) is 16.4. The van der Waals surface area contributed by atoms with Gasteiger partial charge in [0, 0.05) is 25.1 Å². The summed E-state index contributed by atoms with van der Waals surface area (Å²) < 4.78 is 11.3. The van der Waals surface area contributed by atoms with Crippen LogP contribution in [0, 0.1) is 19.8 Å². The Morgan fingerprint density at radius 2 is 2.03 bits per heavy atom. The predicted octanol–water partition coefficient (Wildman–Crippen LogP) is 6.26. The van der Waals surface area contributed by atoms with Crippen LogP contribution >= 0.6 is 0 Å². The molecule has 6 heteroatoms. The summed E-state index contributed by atoms with van der Waals surface area (Å²) >= 11 is 0. The largest absolute Gasteiger partial charge is 0.490 e. The molecule has 2 atom stereocenters. The van der Waals surface area contributed by atoms with E-state index in [1.165, 1.54) is 11.1 Å². The fourth-order valence-electron chi connectivity index (χ4n) is 4.27. The van der Waals surface area contributed by atoms with E-state index < -0.39 is 0 Å². The minimum Gasteiger partial charge on any atom is -0.490 e. The average Bonchev–Trinajstić information content (AvgIpc) is 3.13. The third-order valence-electron chi connectivity index (χ3n) is 6.38. The predicted molar refractivity (Wildman–Crippen MR) is 135 cm³/mol. The Labute approximate surface area is 201 Å². The van der Waals surface area contributed by atoms with Crippen molar-refractivity contribution in [1.82, 2.24) is 10.1 Å². The number of likely N-dealkylation sites (tertiary alicyclic amines) is 1. The molecule has 34 heavy (non-hydrogen) atoms. The van der Waals surface area contributed by atoms with Gasteiger partial charge in [0.25, 0.3) is 0 Å². The van der Waals surface area contributed by atoms with Crippen molar-refractivity contribution in [2.75, 3.05) is 18.4 Å². The number of carbonyl (C=O) groups excluding carboxylic acids is 1. The molecule has 178 valence electrons. The molecule has 2 unspecified atom stereocenters. The Morgan fingerprint density at radius 1 is 1.24 bits per heavy atom. The third-order valence-corrected chi connectivity index (χ3v) is 6.38. The summed E-state index contributed by atoms with van der Waals surface area (Å²) in [6.45, 7) is 9.32. The fraction of sp³-hybridized carbons (Fsp3) is 0.357. The van der Waals surface area contributed by atoms with E-state index in [0.717, 1.165) is 29.7 Å². The highest BCUT2D eigenvalue weighted by atomic mass is 16.5. The summed E-state index contributed by atoms with van der Waals surface area (Å²) in [5, 5.41) is 6.81. The van der Waals surface area contributed by atoms with E-state index in [1.54, 1.807) is 0 Å². The Kier molecular flexibility index (Phi) is 7.36. The normalized spacial score (nSPS) is 18.1. The molecule has 1 saturated heterocycles. The molecule has 1 aromatic heterocycles. The van der Waals surface area contributed by atoms with E-state index in [9.17, 15) is 4.79 Å². The highest BCUT2D eigenvalue weighted by Gasteiger charge is 2.25. The van der Waals surface area contributed by atoms with E-state index in [1.807, 2.05) is 36.9 Å². The number of hydrogen-bond acceptors (Lipinski definition) is 4. The highest BCUT2D eigenvalue weighted by Crippen LogP contribution is 2.27. The number of nitrogens with one attached hydrogen (secondary N) is 1. The monoisotopic (exact) mass is 459 g/mol.